The Kier molecular flexibility index (Phi) is 8.03. The van der Waals surface area contributed by atoms with Gasteiger partial charge in [-0.2, -0.15) is 0 Å². The molecule has 0 saturated heterocycles. The highest BCUT2D eigenvalue weighted by atomic mass is 16.6. The third-order valence-corrected chi connectivity index (χ3v) is 4.94. The molecule has 0 radical (unpaired) electrons. The highest BCUT2D eigenvalue weighted by Crippen LogP contribution is 2.28. The zero-order chi connectivity index (χ0) is 19.6. The molecule has 0 spiro atoms. The molecule has 1 aliphatic carbocycles. The zero-order valence-corrected chi connectivity index (χ0v) is 15.7. The Morgan fingerprint density at radius 2 is 1.56 bits per heavy atom. The van der Waals surface area contributed by atoms with E-state index >= 15 is 0 Å². The van der Waals surface area contributed by atoms with Gasteiger partial charge in [0.2, 0.25) is 0 Å². The molecule has 0 atom stereocenters. The first-order valence-corrected chi connectivity index (χ1v) is 9.54. The number of hydrogen-bond acceptors (Lipinski definition) is 4. The summed E-state index contributed by atoms with van der Waals surface area (Å²) < 4.78 is 0. The first-order valence-electron chi connectivity index (χ1n) is 9.54. The van der Waals surface area contributed by atoms with Crippen LogP contribution in [0.15, 0.2) is 24.3 Å². The van der Waals surface area contributed by atoms with Crippen LogP contribution >= 0.6 is 0 Å². The van der Waals surface area contributed by atoms with Gasteiger partial charge in [-0.1, -0.05) is 6.92 Å². The lowest BCUT2D eigenvalue weighted by atomic mass is 9.82. The third-order valence-electron chi connectivity index (χ3n) is 4.94. The molecular formula is C19H28N4O4. The van der Waals surface area contributed by atoms with E-state index in [1.54, 1.807) is 0 Å². The lowest BCUT2D eigenvalue weighted by molar-refractivity contribution is -0.384. The number of nitrogens with zero attached hydrogens (tertiary/aromatic N) is 1. The summed E-state index contributed by atoms with van der Waals surface area (Å²) in [5.41, 5.74) is 0.401. The summed E-state index contributed by atoms with van der Waals surface area (Å²) in [6.07, 6.45) is 5.02. The highest BCUT2D eigenvalue weighted by molar-refractivity contribution is 5.94. The Morgan fingerprint density at radius 1 is 1.00 bits per heavy atom. The molecule has 1 saturated carbocycles. The van der Waals surface area contributed by atoms with Crippen molar-refractivity contribution in [2.24, 2.45) is 11.8 Å². The SMILES string of the molecule is CCCNC(=O)NCC1CCC(CNC(=O)c2ccc([N+](=O)[O-])cc2)CC1. The van der Waals surface area contributed by atoms with Crippen molar-refractivity contribution in [2.75, 3.05) is 19.6 Å². The van der Waals surface area contributed by atoms with Gasteiger partial charge < -0.3 is 16.0 Å². The summed E-state index contributed by atoms with van der Waals surface area (Å²) in [5.74, 6) is 0.706. The van der Waals surface area contributed by atoms with E-state index in [-0.39, 0.29) is 17.6 Å². The number of non-ortho nitro benzene ring substituents is 1. The Labute approximate surface area is 159 Å². The maximum atomic E-state index is 12.2. The minimum atomic E-state index is -0.484. The van der Waals surface area contributed by atoms with Gasteiger partial charge in [0.05, 0.1) is 4.92 Å². The van der Waals surface area contributed by atoms with Crippen molar-refractivity contribution >= 4 is 17.6 Å². The molecule has 1 aromatic rings. The topological polar surface area (TPSA) is 113 Å². The van der Waals surface area contributed by atoms with Crippen LogP contribution in [0.2, 0.25) is 0 Å². The number of hydrogen-bond donors (Lipinski definition) is 3. The first-order chi connectivity index (χ1) is 13.0. The average Bonchev–Trinajstić information content (AvgIpc) is 2.69. The van der Waals surface area contributed by atoms with Gasteiger partial charge in [0, 0.05) is 37.3 Å². The summed E-state index contributed by atoms with van der Waals surface area (Å²) in [6.45, 7) is 4.00. The summed E-state index contributed by atoms with van der Waals surface area (Å²) in [5, 5.41) is 19.3. The van der Waals surface area contributed by atoms with Crippen molar-refractivity contribution in [2.45, 2.75) is 39.0 Å². The van der Waals surface area contributed by atoms with Crippen LogP contribution in [0.4, 0.5) is 10.5 Å². The maximum Gasteiger partial charge on any atom is 0.314 e. The molecule has 0 aliphatic heterocycles. The number of urea groups is 1. The van der Waals surface area contributed by atoms with Crippen molar-refractivity contribution in [3.63, 3.8) is 0 Å². The van der Waals surface area contributed by atoms with Crippen LogP contribution in [-0.2, 0) is 0 Å². The van der Waals surface area contributed by atoms with Crippen molar-refractivity contribution < 1.29 is 14.5 Å². The summed E-state index contributed by atoms with van der Waals surface area (Å²) in [4.78, 5) is 33.9. The quantitative estimate of drug-likeness (QED) is 0.478. The highest BCUT2D eigenvalue weighted by Gasteiger charge is 2.22. The number of benzene rings is 1. The fourth-order valence-corrected chi connectivity index (χ4v) is 3.25. The minimum absolute atomic E-state index is 0.0261. The minimum Gasteiger partial charge on any atom is -0.352 e. The van der Waals surface area contributed by atoms with Gasteiger partial charge in [-0.25, -0.2) is 4.79 Å². The number of rotatable bonds is 8. The van der Waals surface area contributed by atoms with E-state index < -0.39 is 4.92 Å². The van der Waals surface area contributed by atoms with Gasteiger partial charge in [-0.05, 0) is 56.1 Å². The van der Waals surface area contributed by atoms with Crippen molar-refractivity contribution in [3.8, 4) is 0 Å². The van der Waals surface area contributed by atoms with Gasteiger partial charge in [0.15, 0.2) is 0 Å². The molecule has 148 valence electrons. The normalized spacial score (nSPS) is 19.1. The molecule has 1 aliphatic rings. The standard InChI is InChI=1S/C19H28N4O4/c1-2-11-20-19(25)22-13-15-5-3-14(4-6-15)12-21-18(24)16-7-9-17(10-8-16)23(26)27/h7-10,14-15H,2-6,11-13H2,1H3,(H,21,24)(H2,20,22,25). The van der Waals surface area contributed by atoms with Crippen LogP contribution in [-0.4, -0.2) is 36.5 Å². The molecule has 2 rings (SSSR count). The number of nitro groups is 1. The smallest absolute Gasteiger partial charge is 0.314 e. The fourth-order valence-electron chi connectivity index (χ4n) is 3.25. The number of nitrogens with one attached hydrogen (secondary N) is 3. The van der Waals surface area contributed by atoms with E-state index in [2.05, 4.69) is 16.0 Å². The van der Waals surface area contributed by atoms with E-state index in [1.807, 2.05) is 6.92 Å². The molecule has 3 N–H and O–H groups in total. The second-order valence-electron chi connectivity index (χ2n) is 7.04. The van der Waals surface area contributed by atoms with Gasteiger partial charge >= 0.3 is 6.03 Å². The second kappa shape index (κ2) is 10.5. The van der Waals surface area contributed by atoms with Crippen molar-refractivity contribution in [1.82, 2.24) is 16.0 Å². The van der Waals surface area contributed by atoms with E-state index in [1.165, 1.54) is 24.3 Å². The third kappa shape index (κ3) is 6.88. The van der Waals surface area contributed by atoms with Crippen LogP contribution in [0, 0.1) is 22.0 Å². The van der Waals surface area contributed by atoms with E-state index in [0.717, 1.165) is 32.1 Å². The second-order valence-corrected chi connectivity index (χ2v) is 7.04. The average molecular weight is 376 g/mol. The van der Waals surface area contributed by atoms with Crippen molar-refractivity contribution in [3.05, 3.63) is 39.9 Å². The predicted molar refractivity (Wildman–Crippen MR) is 103 cm³/mol. The van der Waals surface area contributed by atoms with E-state index in [0.29, 0.717) is 37.0 Å². The lowest BCUT2D eigenvalue weighted by Crippen LogP contribution is -2.39. The first kappa shape index (κ1) is 20.7. The van der Waals surface area contributed by atoms with Crippen LogP contribution in [0.25, 0.3) is 0 Å². The van der Waals surface area contributed by atoms with Crippen LogP contribution in [0.5, 0.6) is 0 Å². The van der Waals surface area contributed by atoms with Gasteiger partial charge in [-0.15, -0.1) is 0 Å². The summed E-state index contributed by atoms with van der Waals surface area (Å²) in [7, 11) is 0. The van der Waals surface area contributed by atoms with Gasteiger partial charge in [0.25, 0.3) is 11.6 Å². The van der Waals surface area contributed by atoms with E-state index in [9.17, 15) is 19.7 Å². The lowest BCUT2D eigenvalue weighted by Gasteiger charge is -2.28. The number of carbonyl (C=O) groups excluding carboxylic acids is 2. The van der Waals surface area contributed by atoms with Gasteiger partial charge in [0.1, 0.15) is 0 Å². The molecule has 1 aromatic carbocycles. The fraction of sp³-hybridized carbons (Fsp3) is 0.579. The van der Waals surface area contributed by atoms with Crippen LogP contribution in [0.1, 0.15) is 49.4 Å². The maximum absolute atomic E-state index is 12.2. The van der Waals surface area contributed by atoms with E-state index in [4.69, 9.17) is 0 Å². The molecular weight excluding hydrogens is 348 g/mol. The molecule has 0 heterocycles. The van der Waals surface area contributed by atoms with Crippen molar-refractivity contribution in [1.29, 1.82) is 0 Å². The molecule has 0 bridgehead atoms. The molecule has 27 heavy (non-hydrogen) atoms. The Bertz CT molecular complexity index is 640. The molecule has 0 unspecified atom stereocenters. The summed E-state index contributed by atoms with van der Waals surface area (Å²) >= 11 is 0. The molecule has 3 amide bonds. The van der Waals surface area contributed by atoms with Crippen LogP contribution in [0.3, 0.4) is 0 Å². The summed E-state index contributed by atoms with van der Waals surface area (Å²) in [6, 6.07) is 5.52. The zero-order valence-electron chi connectivity index (χ0n) is 15.7. The predicted octanol–water partition coefficient (Wildman–Crippen LogP) is 2.84. The number of amides is 3. The molecule has 8 nitrogen and oxygen atoms in total. The number of carbonyl (C=O) groups is 2. The van der Waals surface area contributed by atoms with Crippen LogP contribution < -0.4 is 16.0 Å². The monoisotopic (exact) mass is 376 g/mol. The number of nitro benzene ring substituents is 1. The molecule has 8 heteroatoms. The molecule has 1 fully saturated rings. The largest absolute Gasteiger partial charge is 0.352 e. The van der Waals surface area contributed by atoms with Gasteiger partial charge in [-0.3, -0.25) is 14.9 Å². The Balaban J connectivity index is 1.66. The Hall–Kier alpha value is -2.64. The molecule has 0 aromatic heterocycles. The Morgan fingerprint density at radius 3 is 2.07 bits per heavy atom.